The third-order valence-electron chi connectivity index (χ3n) is 3.61. The molecule has 0 bridgehead atoms. The lowest BCUT2D eigenvalue weighted by Gasteiger charge is -2.30. The highest BCUT2D eigenvalue weighted by molar-refractivity contribution is 5.86. The summed E-state index contributed by atoms with van der Waals surface area (Å²) in [6.07, 6.45) is 4.81. The second-order valence-corrected chi connectivity index (χ2v) is 7.68. The van der Waals surface area contributed by atoms with E-state index in [-0.39, 0.29) is 5.41 Å². The van der Waals surface area contributed by atoms with Crippen LogP contribution in [0.25, 0.3) is 0 Å². The fraction of sp³-hybridized carbons (Fsp3) is 0.933. The summed E-state index contributed by atoms with van der Waals surface area (Å²) in [5.41, 5.74) is 0.191. The molecule has 0 aliphatic heterocycles. The molecule has 16 heavy (non-hydrogen) atoms. The normalized spacial score (nSPS) is 27.1. The molecule has 1 rings (SSSR count). The first-order chi connectivity index (χ1) is 7.11. The van der Waals surface area contributed by atoms with Crippen LogP contribution in [-0.4, -0.2) is 5.78 Å². The van der Waals surface area contributed by atoms with Gasteiger partial charge in [0.1, 0.15) is 5.78 Å². The second-order valence-electron chi connectivity index (χ2n) is 7.68. The minimum atomic E-state index is -0.162. The Morgan fingerprint density at radius 3 is 2.06 bits per heavy atom. The Bertz CT molecular complexity index is 252. The summed E-state index contributed by atoms with van der Waals surface area (Å²) < 4.78 is 0. The summed E-state index contributed by atoms with van der Waals surface area (Å²) in [6.45, 7) is 13.0. The molecule has 2 atom stereocenters. The van der Waals surface area contributed by atoms with Crippen LogP contribution in [-0.2, 0) is 4.79 Å². The molecule has 1 saturated carbocycles. The van der Waals surface area contributed by atoms with E-state index in [0.717, 1.165) is 6.42 Å². The van der Waals surface area contributed by atoms with Crippen LogP contribution in [0.2, 0.25) is 0 Å². The summed E-state index contributed by atoms with van der Waals surface area (Å²) in [4.78, 5) is 12.4. The Morgan fingerprint density at radius 1 is 1.06 bits per heavy atom. The van der Waals surface area contributed by atoms with E-state index >= 15 is 0 Å². The van der Waals surface area contributed by atoms with E-state index in [1.807, 2.05) is 0 Å². The van der Waals surface area contributed by atoms with Crippen LogP contribution < -0.4 is 0 Å². The lowest BCUT2D eigenvalue weighted by atomic mass is 9.74. The van der Waals surface area contributed by atoms with E-state index in [1.165, 1.54) is 19.3 Å². The third-order valence-corrected chi connectivity index (χ3v) is 3.61. The molecular formula is C15H28O. The molecule has 1 aliphatic carbocycles. The smallest absolute Gasteiger partial charge is 0.141 e. The maximum Gasteiger partial charge on any atom is 0.141 e. The lowest BCUT2D eigenvalue weighted by molar-refractivity contribution is -0.131. The predicted octanol–water partition coefficient (Wildman–Crippen LogP) is 4.45. The molecule has 0 amide bonds. The summed E-state index contributed by atoms with van der Waals surface area (Å²) in [7, 11) is 0. The third kappa shape index (κ3) is 3.61. The number of carbonyl (C=O) groups excluding carboxylic acids is 1. The highest BCUT2D eigenvalue weighted by Gasteiger charge is 2.39. The number of hydrogen-bond donors (Lipinski definition) is 0. The molecule has 0 saturated heterocycles. The molecule has 94 valence electrons. The molecule has 0 spiro atoms. The van der Waals surface area contributed by atoms with Crippen molar-refractivity contribution in [3.05, 3.63) is 0 Å². The van der Waals surface area contributed by atoms with Crippen LogP contribution >= 0.6 is 0 Å². The van der Waals surface area contributed by atoms with Gasteiger partial charge in [0.25, 0.3) is 0 Å². The molecule has 1 fully saturated rings. The highest BCUT2D eigenvalue weighted by atomic mass is 16.1. The molecule has 1 heteroatoms. The van der Waals surface area contributed by atoms with Crippen LogP contribution in [0.15, 0.2) is 0 Å². The van der Waals surface area contributed by atoms with E-state index in [2.05, 4.69) is 41.5 Å². The highest BCUT2D eigenvalue weighted by Crippen LogP contribution is 2.42. The fourth-order valence-electron chi connectivity index (χ4n) is 2.97. The van der Waals surface area contributed by atoms with Crippen molar-refractivity contribution in [3.63, 3.8) is 0 Å². The summed E-state index contributed by atoms with van der Waals surface area (Å²) in [5, 5.41) is 0. The van der Waals surface area contributed by atoms with E-state index in [1.54, 1.807) is 0 Å². The van der Waals surface area contributed by atoms with Crippen molar-refractivity contribution in [3.8, 4) is 0 Å². The average Bonchev–Trinajstić information content (AvgIpc) is 2.46. The van der Waals surface area contributed by atoms with Gasteiger partial charge in [0.05, 0.1) is 0 Å². The zero-order chi connectivity index (χ0) is 12.6. The molecule has 0 aromatic heterocycles. The molecule has 0 unspecified atom stereocenters. The van der Waals surface area contributed by atoms with Gasteiger partial charge in [-0.05, 0) is 30.6 Å². The van der Waals surface area contributed by atoms with Crippen molar-refractivity contribution in [2.75, 3.05) is 0 Å². The van der Waals surface area contributed by atoms with Gasteiger partial charge in [-0.3, -0.25) is 4.79 Å². The van der Waals surface area contributed by atoms with Crippen molar-refractivity contribution < 1.29 is 4.79 Å². The summed E-state index contributed by atoms with van der Waals surface area (Å²) >= 11 is 0. The topological polar surface area (TPSA) is 17.1 Å². The minimum Gasteiger partial charge on any atom is -0.299 e. The van der Waals surface area contributed by atoms with Gasteiger partial charge in [-0.25, -0.2) is 0 Å². The first kappa shape index (κ1) is 13.7. The van der Waals surface area contributed by atoms with Gasteiger partial charge in [0, 0.05) is 11.3 Å². The molecular weight excluding hydrogens is 196 g/mol. The zero-order valence-electron chi connectivity index (χ0n) is 11.9. The number of carbonyl (C=O) groups is 1. The molecule has 0 heterocycles. The van der Waals surface area contributed by atoms with Crippen LogP contribution in [0.1, 0.15) is 67.2 Å². The zero-order valence-corrected chi connectivity index (χ0v) is 11.9. The monoisotopic (exact) mass is 224 g/mol. The van der Waals surface area contributed by atoms with E-state index in [0.29, 0.717) is 23.0 Å². The van der Waals surface area contributed by atoms with E-state index < -0.39 is 0 Å². The van der Waals surface area contributed by atoms with Gasteiger partial charge >= 0.3 is 0 Å². The van der Waals surface area contributed by atoms with E-state index in [9.17, 15) is 4.79 Å². The standard InChI is InChI=1S/C15H28O/c1-14(2,3)10-11-8-7-9-12(11)13(16)15(4,5)6/h11-12H,7-10H2,1-6H3/t11-,12+/m1/s1. The number of rotatable bonds is 2. The number of ketones is 1. The van der Waals surface area contributed by atoms with Crippen LogP contribution in [0.3, 0.4) is 0 Å². The second kappa shape index (κ2) is 4.50. The van der Waals surface area contributed by atoms with Gasteiger partial charge in [0.2, 0.25) is 0 Å². The lowest BCUT2D eigenvalue weighted by Crippen LogP contribution is -2.32. The number of Topliss-reactive ketones (excluding diaryl/α,β-unsaturated/α-hetero) is 1. The van der Waals surface area contributed by atoms with Crippen molar-refractivity contribution in [1.82, 2.24) is 0 Å². The molecule has 0 aromatic carbocycles. The van der Waals surface area contributed by atoms with Crippen molar-refractivity contribution in [2.24, 2.45) is 22.7 Å². The van der Waals surface area contributed by atoms with Gasteiger partial charge in [-0.15, -0.1) is 0 Å². The Balaban J connectivity index is 2.70. The van der Waals surface area contributed by atoms with Crippen LogP contribution in [0, 0.1) is 22.7 Å². The van der Waals surface area contributed by atoms with Gasteiger partial charge in [0.15, 0.2) is 0 Å². The van der Waals surface area contributed by atoms with Crippen LogP contribution in [0.5, 0.6) is 0 Å². The molecule has 0 aromatic rings. The molecule has 1 nitrogen and oxygen atoms in total. The van der Waals surface area contributed by atoms with Crippen molar-refractivity contribution in [1.29, 1.82) is 0 Å². The minimum absolute atomic E-state index is 0.162. The van der Waals surface area contributed by atoms with Crippen molar-refractivity contribution in [2.45, 2.75) is 67.2 Å². The van der Waals surface area contributed by atoms with Crippen molar-refractivity contribution >= 4 is 5.78 Å². The maximum atomic E-state index is 12.4. The molecule has 0 N–H and O–H groups in total. The Kier molecular flexibility index (Phi) is 3.87. The average molecular weight is 224 g/mol. The fourth-order valence-corrected chi connectivity index (χ4v) is 2.97. The quantitative estimate of drug-likeness (QED) is 0.677. The Morgan fingerprint density at radius 2 is 1.62 bits per heavy atom. The SMILES string of the molecule is CC(C)(C)C[C@H]1CCC[C@@H]1C(=O)C(C)(C)C. The molecule has 1 aliphatic rings. The summed E-state index contributed by atoms with van der Waals surface area (Å²) in [6, 6.07) is 0. The van der Waals surface area contributed by atoms with Gasteiger partial charge in [-0.2, -0.15) is 0 Å². The number of hydrogen-bond acceptors (Lipinski definition) is 1. The largest absolute Gasteiger partial charge is 0.299 e. The first-order valence-corrected chi connectivity index (χ1v) is 6.65. The maximum absolute atomic E-state index is 12.4. The van der Waals surface area contributed by atoms with Gasteiger partial charge < -0.3 is 0 Å². The van der Waals surface area contributed by atoms with Crippen LogP contribution in [0.4, 0.5) is 0 Å². The van der Waals surface area contributed by atoms with Gasteiger partial charge in [-0.1, -0.05) is 48.0 Å². The van der Waals surface area contributed by atoms with E-state index in [4.69, 9.17) is 0 Å². The summed E-state index contributed by atoms with van der Waals surface area (Å²) in [5.74, 6) is 1.45. The molecule has 0 radical (unpaired) electrons. The Hall–Kier alpha value is -0.330. The predicted molar refractivity (Wildman–Crippen MR) is 69.4 cm³/mol. The first-order valence-electron chi connectivity index (χ1n) is 6.65. The Labute approximate surface area is 101 Å².